The van der Waals surface area contributed by atoms with Crippen molar-refractivity contribution in [2.24, 2.45) is 14.1 Å². The van der Waals surface area contributed by atoms with E-state index in [-0.39, 0.29) is 15.8 Å². The summed E-state index contributed by atoms with van der Waals surface area (Å²) in [5, 5.41) is -0.221. The van der Waals surface area contributed by atoms with Crippen LogP contribution in [-0.4, -0.2) is 25.7 Å². The van der Waals surface area contributed by atoms with Crippen LogP contribution in [0.5, 0.6) is 0 Å². The summed E-state index contributed by atoms with van der Waals surface area (Å²) >= 11 is 10.9. The molecule has 0 spiro atoms. The summed E-state index contributed by atoms with van der Waals surface area (Å²) in [6, 6.07) is 2.17. The summed E-state index contributed by atoms with van der Waals surface area (Å²) in [6.45, 7) is 3.63. The van der Waals surface area contributed by atoms with Gasteiger partial charge in [-0.15, -0.1) is 0 Å². The molecule has 2 aromatic rings. The Morgan fingerprint density at radius 3 is 2.37 bits per heavy atom. The summed E-state index contributed by atoms with van der Waals surface area (Å²) in [5.41, 5.74) is -0.286. The number of aromatic nitrogens is 3. The number of halogens is 2. The van der Waals surface area contributed by atoms with E-state index in [0.29, 0.717) is 11.0 Å². The Balaban J connectivity index is 2.67. The van der Waals surface area contributed by atoms with Crippen LogP contribution in [0.1, 0.15) is 30.6 Å². The van der Waals surface area contributed by atoms with E-state index in [1.165, 1.54) is 20.2 Å². The average molecular weight is 417 g/mol. The smallest absolute Gasteiger partial charge is 0.361 e. The third kappa shape index (κ3) is 3.87. The molecule has 1 heterocycles. The van der Waals surface area contributed by atoms with Gasteiger partial charge in [0.15, 0.2) is 10.6 Å². The Labute approximate surface area is 163 Å². The van der Waals surface area contributed by atoms with Crippen LogP contribution >= 0.6 is 23.8 Å². The van der Waals surface area contributed by atoms with Crippen LogP contribution in [0.15, 0.2) is 21.7 Å². The number of carbonyl (C=O) groups is 1. The summed E-state index contributed by atoms with van der Waals surface area (Å²) in [4.78, 5) is 42.0. The van der Waals surface area contributed by atoms with Gasteiger partial charge in [-0.3, -0.25) is 9.13 Å². The van der Waals surface area contributed by atoms with E-state index in [4.69, 9.17) is 28.7 Å². The van der Waals surface area contributed by atoms with Crippen molar-refractivity contribution in [3.8, 4) is 5.69 Å². The molecule has 0 saturated carbocycles. The second-order valence-electron chi connectivity index (χ2n) is 5.87. The minimum atomic E-state index is -1.16. The van der Waals surface area contributed by atoms with Crippen molar-refractivity contribution in [3.63, 3.8) is 0 Å². The van der Waals surface area contributed by atoms with Crippen molar-refractivity contribution >= 4 is 29.8 Å². The number of nitrogens with zero attached hydrogens (tertiary/aromatic N) is 3. The van der Waals surface area contributed by atoms with Gasteiger partial charge in [0.25, 0.3) is 0 Å². The van der Waals surface area contributed by atoms with E-state index < -0.39 is 34.4 Å². The monoisotopic (exact) mass is 416 g/mol. The fourth-order valence-electron chi connectivity index (χ4n) is 2.17. The molecule has 11 heteroatoms. The SMILES string of the molecule is CCC(C)NOC(=O)c1c(Cl)ccc(-n2c(=O)n(C)c(=S)n(C)c2=O)c1F. The highest BCUT2D eigenvalue weighted by atomic mass is 35.5. The molecule has 1 atom stereocenters. The van der Waals surface area contributed by atoms with Gasteiger partial charge in [0.2, 0.25) is 0 Å². The molecule has 0 bridgehead atoms. The predicted molar refractivity (Wildman–Crippen MR) is 100 cm³/mol. The zero-order valence-electron chi connectivity index (χ0n) is 15.1. The topological polar surface area (TPSA) is 87.3 Å². The van der Waals surface area contributed by atoms with Crippen LogP contribution in [0.3, 0.4) is 0 Å². The highest BCUT2D eigenvalue weighted by Crippen LogP contribution is 2.24. The van der Waals surface area contributed by atoms with E-state index in [1.807, 2.05) is 6.92 Å². The first kappa shape index (κ1) is 21.0. The molecule has 1 N–H and O–H groups in total. The zero-order valence-corrected chi connectivity index (χ0v) is 16.7. The standard InChI is InChI=1S/C16H18ClFN4O4S/c1-5-8(2)19-26-13(23)11-9(17)6-7-10(12(11)18)22-14(24)20(3)16(27)21(4)15(22)25/h6-8,19H,5H2,1-4H3. The molecule has 2 rings (SSSR count). The second kappa shape index (κ2) is 8.15. The van der Waals surface area contributed by atoms with E-state index in [9.17, 15) is 14.4 Å². The number of benzene rings is 1. The summed E-state index contributed by atoms with van der Waals surface area (Å²) in [7, 11) is 2.69. The van der Waals surface area contributed by atoms with Crippen molar-refractivity contribution in [1.82, 2.24) is 19.2 Å². The fourth-order valence-corrected chi connectivity index (χ4v) is 2.55. The summed E-state index contributed by atoms with van der Waals surface area (Å²) in [6.07, 6.45) is 0.666. The lowest BCUT2D eigenvalue weighted by molar-refractivity contribution is 0.0163. The maximum Gasteiger partial charge on any atom is 0.361 e. The Hall–Kier alpha value is -2.30. The van der Waals surface area contributed by atoms with E-state index in [0.717, 1.165) is 15.2 Å². The molecule has 27 heavy (non-hydrogen) atoms. The highest BCUT2D eigenvalue weighted by molar-refractivity contribution is 7.71. The first-order valence-electron chi connectivity index (χ1n) is 7.95. The molecular formula is C16H18ClFN4O4S. The van der Waals surface area contributed by atoms with Gasteiger partial charge in [-0.05, 0) is 37.7 Å². The number of rotatable bonds is 5. The van der Waals surface area contributed by atoms with Crippen LogP contribution in [-0.2, 0) is 18.9 Å². The van der Waals surface area contributed by atoms with Gasteiger partial charge in [0.05, 0.1) is 10.7 Å². The molecular weight excluding hydrogens is 399 g/mol. The van der Waals surface area contributed by atoms with Crippen molar-refractivity contribution in [2.45, 2.75) is 26.3 Å². The molecule has 0 aliphatic rings. The van der Waals surface area contributed by atoms with E-state index >= 15 is 4.39 Å². The number of carbonyl (C=O) groups excluding carboxylic acids is 1. The normalized spacial score (nSPS) is 12.1. The molecule has 1 unspecified atom stereocenters. The van der Waals surface area contributed by atoms with Crippen molar-refractivity contribution in [1.29, 1.82) is 0 Å². The first-order valence-corrected chi connectivity index (χ1v) is 8.74. The van der Waals surface area contributed by atoms with Gasteiger partial charge >= 0.3 is 17.3 Å². The van der Waals surface area contributed by atoms with E-state index in [1.54, 1.807) is 6.92 Å². The van der Waals surface area contributed by atoms with Crippen LogP contribution in [0.4, 0.5) is 4.39 Å². The second-order valence-corrected chi connectivity index (χ2v) is 6.65. The van der Waals surface area contributed by atoms with Gasteiger partial charge < -0.3 is 4.84 Å². The van der Waals surface area contributed by atoms with Gasteiger partial charge in [-0.25, -0.2) is 23.3 Å². The lowest BCUT2D eigenvalue weighted by Crippen LogP contribution is -2.44. The van der Waals surface area contributed by atoms with Gasteiger partial charge in [0, 0.05) is 20.1 Å². The van der Waals surface area contributed by atoms with Crippen LogP contribution in [0.2, 0.25) is 5.02 Å². The molecule has 0 saturated heterocycles. The maximum absolute atomic E-state index is 15.0. The largest absolute Gasteiger partial charge is 0.366 e. The van der Waals surface area contributed by atoms with Crippen molar-refractivity contribution in [2.75, 3.05) is 0 Å². The molecule has 0 radical (unpaired) electrons. The minimum Gasteiger partial charge on any atom is -0.366 e. The quantitative estimate of drug-likeness (QED) is 0.591. The number of hydroxylamine groups is 1. The first-order chi connectivity index (χ1) is 12.6. The molecule has 0 aliphatic carbocycles. The number of nitrogens with one attached hydrogen (secondary N) is 1. The molecule has 8 nitrogen and oxygen atoms in total. The third-order valence-corrected chi connectivity index (χ3v) is 4.87. The number of hydrogen-bond donors (Lipinski definition) is 1. The summed E-state index contributed by atoms with van der Waals surface area (Å²) < 4.78 is 17.6. The molecule has 146 valence electrons. The predicted octanol–water partition coefficient (Wildman–Crippen LogP) is 1.86. The van der Waals surface area contributed by atoms with Gasteiger partial charge in [-0.1, -0.05) is 18.5 Å². The lowest BCUT2D eigenvalue weighted by atomic mass is 10.2. The van der Waals surface area contributed by atoms with Crippen molar-refractivity contribution < 1.29 is 14.0 Å². The molecule has 0 amide bonds. The van der Waals surface area contributed by atoms with Gasteiger partial charge in [0.1, 0.15) is 5.56 Å². The molecule has 1 aromatic heterocycles. The Morgan fingerprint density at radius 2 is 1.85 bits per heavy atom. The molecule has 0 aliphatic heterocycles. The number of hydrogen-bond acceptors (Lipinski definition) is 6. The van der Waals surface area contributed by atoms with Crippen LogP contribution in [0, 0.1) is 10.6 Å². The summed E-state index contributed by atoms with van der Waals surface area (Å²) in [5.74, 6) is -2.23. The maximum atomic E-state index is 15.0. The minimum absolute atomic E-state index is 0.0343. The fraction of sp³-hybridized carbons (Fsp3) is 0.375. The Bertz CT molecular complexity index is 1040. The lowest BCUT2D eigenvalue weighted by Gasteiger charge is -2.15. The van der Waals surface area contributed by atoms with Crippen LogP contribution in [0.25, 0.3) is 5.69 Å². The molecule has 1 aromatic carbocycles. The van der Waals surface area contributed by atoms with E-state index in [2.05, 4.69) is 5.48 Å². The average Bonchev–Trinajstić information content (AvgIpc) is 2.64. The van der Waals surface area contributed by atoms with Crippen LogP contribution < -0.4 is 16.9 Å². The highest BCUT2D eigenvalue weighted by Gasteiger charge is 2.24. The zero-order chi connectivity index (χ0) is 20.5. The molecule has 0 fully saturated rings. The third-order valence-electron chi connectivity index (χ3n) is 4.01. The Kier molecular flexibility index (Phi) is 6.34. The van der Waals surface area contributed by atoms with Gasteiger partial charge in [-0.2, -0.15) is 5.48 Å². The van der Waals surface area contributed by atoms with Crippen molar-refractivity contribution in [3.05, 3.63) is 54.3 Å². The Morgan fingerprint density at radius 1 is 1.30 bits per heavy atom.